The monoisotopic (exact) mass is 497 g/mol. The van der Waals surface area contributed by atoms with E-state index in [1.807, 2.05) is 78.4 Å². The van der Waals surface area contributed by atoms with Gasteiger partial charge in [-0.3, -0.25) is 14.3 Å². The highest BCUT2D eigenvalue weighted by Gasteiger charge is 2.17. The summed E-state index contributed by atoms with van der Waals surface area (Å²) in [4.78, 5) is 19.9. The summed E-state index contributed by atoms with van der Waals surface area (Å²) in [6, 6.07) is 19.3. The van der Waals surface area contributed by atoms with Gasteiger partial charge in [-0.15, -0.1) is 10.2 Å². The van der Waals surface area contributed by atoms with E-state index in [0.29, 0.717) is 17.6 Å². The fraction of sp³-hybridized carbons (Fsp3) is 0.115. The molecular weight excluding hydrogens is 474 g/mol. The van der Waals surface area contributed by atoms with Crippen molar-refractivity contribution >= 4 is 34.8 Å². The van der Waals surface area contributed by atoms with E-state index < -0.39 is 0 Å². The summed E-state index contributed by atoms with van der Waals surface area (Å²) in [7, 11) is 0. The number of carbonyl (C=O) groups is 1. The standard InChI is InChI=1S/C26H23N7O2S/c1-2-35-21-11-9-20(10-12-21)33-25(18-6-5-13-27-14-18)31-32-26(33)36-17-24(34)30-29-16-19-15-28-23-8-4-3-7-22(19)23/h3-16,28H,2,17H2,1H3,(H,30,34)/b29-16-. The summed E-state index contributed by atoms with van der Waals surface area (Å²) in [5, 5.41) is 14.5. The quantitative estimate of drug-likeness (QED) is 0.177. The Bertz CT molecular complexity index is 1490. The smallest absolute Gasteiger partial charge is 0.250 e. The first kappa shape index (κ1) is 23.3. The predicted molar refractivity (Wildman–Crippen MR) is 141 cm³/mol. The minimum atomic E-state index is -0.250. The number of nitrogens with one attached hydrogen (secondary N) is 2. The summed E-state index contributed by atoms with van der Waals surface area (Å²) in [5.41, 5.74) is 6.17. The molecule has 2 aromatic carbocycles. The Balaban J connectivity index is 1.32. The van der Waals surface area contributed by atoms with Crippen LogP contribution in [0.3, 0.4) is 0 Å². The highest BCUT2D eigenvalue weighted by atomic mass is 32.2. The van der Waals surface area contributed by atoms with Crippen LogP contribution < -0.4 is 10.2 Å². The molecule has 0 aliphatic carbocycles. The van der Waals surface area contributed by atoms with E-state index in [0.717, 1.165) is 33.5 Å². The molecule has 0 aliphatic rings. The molecule has 36 heavy (non-hydrogen) atoms. The summed E-state index contributed by atoms with van der Waals surface area (Å²) < 4.78 is 7.47. The lowest BCUT2D eigenvalue weighted by Gasteiger charge is -2.11. The zero-order valence-electron chi connectivity index (χ0n) is 19.5. The molecule has 0 atom stereocenters. The van der Waals surface area contributed by atoms with Gasteiger partial charge in [0.15, 0.2) is 11.0 Å². The van der Waals surface area contributed by atoms with Crippen molar-refractivity contribution in [2.75, 3.05) is 12.4 Å². The summed E-state index contributed by atoms with van der Waals surface area (Å²) in [5.74, 6) is 1.28. The Kier molecular flexibility index (Phi) is 7.04. The third-order valence-corrected chi connectivity index (χ3v) is 6.23. The van der Waals surface area contributed by atoms with Crippen LogP contribution in [0.25, 0.3) is 28.0 Å². The largest absolute Gasteiger partial charge is 0.494 e. The number of para-hydroxylation sites is 1. The zero-order chi connectivity index (χ0) is 24.7. The molecular formula is C26H23N7O2S. The fourth-order valence-electron chi connectivity index (χ4n) is 3.67. The molecule has 1 amide bonds. The lowest BCUT2D eigenvalue weighted by Crippen LogP contribution is -2.20. The van der Waals surface area contributed by atoms with Crippen molar-refractivity contribution in [1.29, 1.82) is 0 Å². The maximum Gasteiger partial charge on any atom is 0.250 e. The number of benzene rings is 2. The number of carbonyl (C=O) groups excluding carboxylic acids is 1. The molecule has 180 valence electrons. The van der Waals surface area contributed by atoms with Crippen LogP contribution in [-0.2, 0) is 4.79 Å². The number of rotatable bonds is 9. The predicted octanol–water partition coefficient (Wildman–Crippen LogP) is 4.45. The van der Waals surface area contributed by atoms with E-state index in [2.05, 4.69) is 30.7 Å². The fourth-order valence-corrected chi connectivity index (χ4v) is 4.42. The van der Waals surface area contributed by atoms with Crippen LogP contribution in [0.5, 0.6) is 5.75 Å². The average molecular weight is 498 g/mol. The number of hydrazone groups is 1. The van der Waals surface area contributed by atoms with Gasteiger partial charge < -0.3 is 9.72 Å². The number of pyridine rings is 1. The van der Waals surface area contributed by atoms with Crippen molar-refractivity contribution in [3.8, 4) is 22.8 Å². The number of fused-ring (bicyclic) bond motifs is 1. The van der Waals surface area contributed by atoms with Crippen LogP contribution >= 0.6 is 11.8 Å². The minimum absolute atomic E-state index is 0.118. The van der Waals surface area contributed by atoms with Crippen molar-refractivity contribution in [1.82, 2.24) is 30.2 Å². The minimum Gasteiger partial charge on any atom is -0.494 e. The molecule has 2 N–H and O–H groups in total. The molecule has 3 aromatic heterocycles. The Morgan fingerprint density at radius 3 is 2.81 bits per heavy atom. The Labute approximate surface area is 211 Å². The molecule has 0 bridgehead atoms. The summed E-state index contributed by atoms with van der Waals surface area (Å²) in [6.45, 7) is 2.53. The molecule has 0 saturated heterocycles. The van der Waals surface area contributed by atoms with Crippen molar-refractivity contribution < 1.29 is 9.53 Å². The third kappa shape index (κ3) is 5.13. The van der Waals surface area contributed by atoms with Crippen LogP contribution in [0.1, 0.15) is 12.5 Å². The van der Waals surface area contributed by atoms with Crippen molar-refractivity contribution in [2.24, 2.45) is 5.10 Å². The van der Waals surface area contributed by atoms with Gasteiger partial charge in [0.1, 0.15) is 5.75 Å². The maximum atomic E-state index is 12.5. The third-order valence-electron chi connectivity index (χ3n) is 5.31. The van der Waals surface area contributed by atoms with Gasteiger partial charge in [-0.05, 0) is 49.4 Å². The number of aromatic nitrogens is 5. The summed E-state index contributed by atoms with van der Waals surface area (Å²) in [6.07, 6.45) is 6.92. The Morgan fingerprint density at radius 2 is 2.00 bits per heavy atom. The molecule has 3 heterocycles. The first-order chi connectivity index (χ1) is 17.7. The van der Waals surface area contributed by atoms with Crippen LogP contribution in [0, 0.1) is 0 Å². The van der Waals surface area contributed by atoms with E-state index in [4.69, 9.17) is 4.74 Å². The molecule has 0 saturated carbocycles. The van der Waals surface area contributed by atoms with Crippen LogP contribution in [0.2, 0.25) is 0 Å². The van der Waals surface area contributed by atoms with Crippen LogP contribution in [0.4, 0.5) is 0 Å². The van der Waals surface area contributed by atoms with Gasteiger partial charge in [-0.25, -0.2) is 5.43 Å². The lowest BCUT2D eigenvalue weighted by atomic mass is 10.2. The highest BCUT2D eigenvalue weighted by Crippen LogP contribution is 2.28. The second kappa shape index (κ2) is 10.9. The summed E-state index contributed by atoms with van der Waals surface area (Å²) >= 11 is 1.28. The molecule has 0 radical (unpaired) electrons. The van der Waals surface area contributed by atoms with E-state index >= 15 is 0 Å². The molecule has 5 aromatic rings. The number of amides is 1. The van der Waals surface area contributed by atoms with Gasteiger partial charge in [0.05, 0.1) is 18.6 Å². The van der Waals surface area contributed by atoms with Gasteiger partial charge in [-0.2, -0.15) is 5.10 Å². The van der Waals surface area contributed by atoms with Gasteiger partial charge in [0, 0.05) is 46.3 Å². The molecule has 0 fully saturated rings. The zero-order valence-corrected chi connectivity index (χ0v) is 20.3. The first-order valence-electron chi connectivity index (χ1n) is 11.3. The second-order valence-corrected chi connectivity index (χ2v) is 8.62. The molecule has 9 nitrogen and oxygen atoms in total. The van der Waals surface area contributed by atoms with E-state index in [-0.39, 0.29) is 11.7 Å². The van der Waals surface area contributed by atoms with Crippen molar-refractivity contribution in [3.63, 3.8) is 0 Å². The van der Waals surface area contributed by atoms with E-state index in [1.54, 1.807) is 18.6 Å². The normalized spacial score (nSPS) is 11.2. The van der Waals surface area contributed by atoms with Crippen LogP contribution in [0.15, 0.2) is 89.5 Å². The lowest BCUT2D eigenvalue weighted by molar-refractivity contribution is -0.118. The van der Waals surface area contributed by atoms with Crippen LogP contribution in [-0.4, -0.2) is 49.2 Å². The maximum absolute atomic E-state index is 12.5. The second-order valence-electron chi connectivity index (χ2n) is 7.68. The average Bonchev–Trinajstić information content (AvgIpc) is 3.53. The number of hydrogen-bond donors (Lipinski definition) is 2. The van der Waals surface area contributed by atoms with E-state index in [1.165, 1.54) is 11.8 Å². The molecule has 0 spiro atoms. The molecule has 5 rings (SSSR count). The van der Waals surface area contributed by atoms with Gasteiger partial charge >= 0.3 is 0 Å². The van der Waals surface area contributed by atoms with Crippen molar-refractivity contribution in [3.05, 3.63) is 84.8 Å². The number of ether oxygens (including phenoxy) is 1. The SMILES string of the molecule is CCOc1ccc(-n2c(SCC(=O)N/N=C\c3c[nH]c4ccccc34)nnc2-c2cccnc2)cc1. The highest BCUT2D eigenvalue weighted by molar-refractivity contribution is 7.99. The Hall–Kier alpha value is -4.44. The van der Waals surface area contributed by atoms with Gasteiger partial charge in [0.2, 0.25) is 0 Å². The number of aromatic amines is 1. The number of thioether (sulfide) groups is 1. The molecule has 0 unspecified atom stereocenters. The van der Waals surface area contributed by atoms with Crippen molar-refractivity contribution in [2.45, 2.75) is 12.1 Å². The first-order valence-corrected chi connectivity index (χ1v) is 12.3. The number of nitrogens with zero attached hydrogens (tertiary/aromatic N) is 5. The molecule has 10 heteroatoms. The number of H-pyrrole nitrogens is 1. The number of hydrogen-bond acceptors (Lipinski definition) is 7. The van der Waals surface area contributed by atoms with E-state index in [9.17, 15) is 4.79 Å². The Morgan fingerprint density at radius 1 is 1.14 bits per heavy atom. The topological polar surface area (TPSA) is 110 Å². The van der Waals surface area contributed by atoms with Gasteiger partial charge in [0.25, 0.3) is 5.91 Å². The molecule has 0 aliphatic heterocycles. The van der Waals surface area contributed by atoms with Gasteiger partial charge in [-0.1, -0.05) is 30.0 Å².